The van der Waals surface area contributed by atoms with Crippen LogP contribution in [0.25, 0.3) is 0 Å². The molecule has 24 heavy (non-hydrogen) atoms. The van der Waals surface area contributed by atoms with Crippen molar-refractivity contribution in [2.24, 2.45) is 5.10 Å². The smallest absolute Gasteiger partial charge is 0.337 e. The van der Waals surface area contributed by atoms with E-state index in [0.717, 1.165) is 5.56 Å². The maximum absolute atomic E-state index is 11.0. The molecule has 2 rings (SSSR count). The van der Waals surface area contributed by atoms with E-state index in [1.165, 1.54) is 12.1 Å². The van der Waals surface area contributed by atoms with Crippen LogP contribution in [-0.2, 0) is 0 Å². The summed E-state index contributed by atoms with van der Waals surface area (Å²) < 4.78 is 10.7. The van der Waals surface area contributed by atoms with E-state index in [0.29, 0.717) is 23.8 Å². The van der Waals surface area contributed by atoms with Crippen LogP contribution in [0.2, 0.25) is 5.02 Å². The van der Waals surface area contributed by atoms with E-state index in [9.17, 15) is 4.79 Å². The second-order valence-corrected chi connectivity index (χ2v) is 5.12. The number of hydrogen-bond donors (Lipinski definition) is 2. The minimum Gasteiger partial charge on any atom is -0.493 e. The predicted molar refractivity (Wildman–Crippen MR) is 93.8 cm³/mol. The van der Waals surface area contributed by atoms with E-state index in [4.69, 9.17) is 26.2 Å². The van der Waals surface area contributed by atoms with E-state index in [2.05, 4.69) is 10.5 Å². The minimum atomic E-state index is -1.09. The van der Waals surface area contributed by atoms with Crippen molar-refractivity contribution in [1.82, 2.24) is 0 Å². The van der Waals surface area contributed by atoms with Crippen molar-refractivity contribution >= 4 is 29.5 Å². The molecule has 0 aliphatic heterocycles. The lowest BCUT2D eigenvalue weighted by atomic mass is 10.2. The van der Waals surface area contributed by atoms with Crippen LogP contribution in [0.15, 0.2) is 41.5 Å². The van der Waals surface area contributed by atoms with Crippen molar-refractivity contribution in [3.8, 4) is 11.5 Å². The third kappa shape index (κ3) is 4.39. The zero-order valence-corrected chi connectivity index (χ0v) is 14.0. The van der Waals surface area contributed by atoms with Gasteiger partial charge in [-0.1, -0.05) is 11.6 Å². The van der Waals surface area contributed by atoms with Gasteiger partial charge in [0.2, 0.25) is 0 Å². The molecule has 0 saturated heterocycles. The summed E-state index contributed by atoms with van der Waals surface area (Å²) in [5, 5.41) is 13.3. The Hall–Kier alpha value is -2.73. The summed E-state index contributed by atoms with van der Waals surface area (Å²) in [5.74, 6) is 0.179. The van der Waals surface area contributed by atoms with E-state index in [1.807, 2.05) is 13.0 Å². The average Bonchev–Trinajstić information content (AvgIpc) is 2.57. The lowest BCUT2D eigenvalue weighted by molar-refractivity contribution is 0.0697. The number of hydrazone groups is 1. The van der Waals surface area contributed by atoms with Crippen LogP contribution < -0.4 is 14.9 Å². The molecule has 7 heteroatoms. The number of rotatable bonds is 7. The summed E-state index contributed by atoms with van der Waals surface area (Å²) >= 11 is 5.82. The van der Waals surface area contributed by atoms with E-state index < -0.39 is 5.97 Å². The van der Waals surface area contributed by atoms with Gasteiger partial charge in [-0.2, -0.15) is 5.10 Å². The van der Waals surface area contributed by atoms with Gasteiger partial charge in [-0.25, -0.2) is 4.79 Å². The van der Waals surface area contributed by atoms with Gasteiger partial charge in [-0.15, -0.1) is 0 Å². The molecule has 0 aliphatic rings. The second-order valence-electron chi connectivity index (χ2n) is 4.71. The first-order chi connectivity index (χ1) is 11.5. The average molecular weight is 349 g/mol. The first-order valence-electron chi connectivity index (χ1n) is 7.18. The van der Waals surface area contributed by atoms with Crippen LogP contribution in [0.4, 0.5) is 5.69 Å². The molecule has 2 N–H and O–H groups in total. The summed E-state index contributed by atoms with van der Waals surface area (Å²) in [6.07, 6.45) is 1.59. The Balaban J connectivity index is 2.12. The molecule has 0 atom stereocenters. The first kappa shape index (κ1) is 17.6. The topological polar surface area (TPSA) is 80.2 Å². The number of benzene rings is 2. The van der Waals surface area contributed by atoms with E-state index in [-0.39, 0.29) is 10.6 Å². The van der Waals surface area contributed by atoms with Crippen LogP contribution in [0, 0.1) is 0 Å². The lowest BCUT2D eigenvalue weighted by Crippen LogP contribution is -1.99. The summed E-state index contributed by atoms with van der Waals surface area (Å²) in [6.45, 7) is 2.45. The van der Waals surface area contributed by atoms with Crippen LogP contribution in [0.1, 0.15) is 22.8 Å². The van der Waals surface area contributed by atoms with Crippen molar-refractivity contribution in [2.75, 3.05) is 19.1 Å². The Labute approximate surface area is 144 Å². The lowest BCUT2D eigenvalue weighted by Gasteiger charge is -2.09. The molecule has 2 aromatic carbocycles. The quantitative estimate of drug-likeness (QED) is 0.586. The van der Waals surface area contributed by atoms with Gasteiger partial charge >= 0.3 is 5.97 Å². The van der Waals surface area contributed by atoms with Crippen molar-refractivity contribution in [3.63, 3.8) is 0 Å². The fourth-order valence-corrected chi connectivity index (χ4v) is 2.18. The highest BCUT2D eigenvalue weighted by Gasteiger charge is 2.09. The highest BCUT2D eigenvalue weighted by atomic mass is 35.5. The summed E-state index contributed by atoms with van der Waals surface area (Å²) in [7, 11) is 1.57. The van der Waals surface area contributed by atoms with Crippen LogP contribution in [-0.4, -0.2) is 31.0 Å². The third-order valence-corrected chi connectivity index (χ3v) is 3.42. The number of anilines is 1. The van der Waals surface area contributed by atoms with Gasteiger partial charge in [0, 0.05) is 0 Å². The van der Waals surface area contributed by atoms with Gasteiger partial charge in [-0.05, 0) is 48.9 Å². The number of ether oxygens (including phenoxy) is 2. The normalized spacial score (nSPS) is 10.6. The maximum Gasteiger partial charge on any atom is 0.337 e. The monoisotopic (exact) mass is 348 g/mol. The van der Waals surface area contributed by atoms with Gasteiger partial charge in [0.25, 0.3) is 0 Å². The van der Waals surface area contributed by atoms with Gasteiger partial charge in [-0.3, -0.25) is 5.43 Å². The molecule has 0 fully saturated rings. The van der Waals surface area contributed by atoms with Gasteiger partial charge in [0.05, 0.1) is 36.2 Å². The number of nitrogens with one attached hydrogen (secondary N) is 1. The molecule has 0 spiro atoms. The van der Waals surface area contributed by atoms with Crippen LogP contribution >= 0.6 is 11.6 Å². The Kier molecular flexibility index (Phi) is 6.03. The van der Waals surface area contributed by atoms with Crippen molar-refractivity contribution < 1.29 is 19.4 Å². The first-order valence-corrected chi connectivity index (χ1v) is 7.55. The van der Waals surface area contributed by atoms with Crippen molar-refractivity contribution in [3.05, 3.63) is 52.5 Å². The molecule has 6 nitrogen and oxygen atoms in total. The van der Waals surface area contributed by atoms with Crippen molar-refractivity contribution in [1.29, 1.82) is 0 Å². The molecule has 0 amide bonds. The fourth-order valence-electron chi connectivity index (χ4n) is 1.98. The third-order valence-electron chi connectivity index (χ3n) is 3.09. The molecule has 0 bridgehead atoms. The molecule has 2 aromatic rings. The Morgan fingerprint density at radius 1 is 1.29 bits per heavy atom. The molecular weight excluding hydrogens is 332 g/mol. The molecular formula is C17H17ClN2O4. The number of nitrogens with zero attached hydrogens (tertiary/aromatic N) is 1. The SMILES string of the molecule is CCOc1ccc(/C=N\Nc2ccc(Cl)c(C(=O)O)c2)cc1OC. The molecule has 0 saturated carbocycles. The number of carboxylic acids is 1. The van der Waals surface area contributed by atoms with E-state index >= 15 is 0 Å². The highest BCUT2D eigenvalue weighted by Crippen LogP contribution is 2.27. The Bertz CT molecular complexity index is 762. The Morgan fingerprint density at radius 2 is 2.08 bits per heavy atom. The summed E-state index contributed by atoms with van der Waals surface area (Å²) in [4.78, 5) is 11.0. The number of methoxy groups -OCH3 is 1. The molecule has 0 aliphatic carbocycles. The fraction of sp³-hybridized carbons (Fsp3) is 0.176. The zero-order valence-electron chi connectivity index (χ0n) is 13.2. The van der Waals surface area contributed by atoms with Gasteiger partial charge in [0.1, 0.15) is 0 Å². The zero-order chi connectivity index (χ0) is 17.5. The summed E-state index contributed by atoms with van der Waals surface area (Å²) in [6, 6.07) is 9.99. The highest BCUT2D eigenvalue weighted by molar-refractivity contribution is 6.33. The van der Waals surface area contributed by atoms with E-state index in [1.54, 1.807) is 31.5 Å². The number of hydrogen-bond acceptors (Lipinski definition) is 5. The maximum atomic E-state index is 11.0. The Morgan fingerprint density at radius 3 is 2.75 bits per heavy atom. The molecule has 0 radical (unpaired) electrons. The number of carboxylic acid groups (broad SMARTS) is 1. The molecule has 0 unspecified atom stereocenters. The molecule has 126 valence electrons. The standard InChI is InChI=1S/C17H17ClN2O4/c1-3-24-15-7-4-11(8-16(15)23-2)10-19-20-12-5-6-14(18)13(9-12)17(21)22/h4-10,20H,3H2,1-2H3,(H,21,22)/b19-10-. The van der Waals surface area contributed by atoms with Gasteiger partial charge < -0.3 is 14.6 Å². The van der Waals surface area contributed by atoms with Gasteiger partial charge in [0.15, 0.2) is 11.5 Å². The summed E-state index contributed by atoms with van der Waals surface area (Å²) in [5.41, 5.74) is 4.10. The predicted octanol–water partition coefficient (Wildman–Crippen LogP) is 3.89. The largest absolute Gasteiger partial charge is 0.493 e. The minimum absolute atomic E-state index is 0.0135. The number of carbonyl (C=O) groups is 1. The van der Waals surface area contributed by atoms with Crippen LogP contribution in [0.3, 0.4) is 0 Å². The molecule has 0 heterocycles. The van der Waals surface area contributed by atoms with Crippen molar-refractivity contribution in [2.45, 2.75) is 6.92 Å². The second kappa shape index (κ2) is 8.21. The number of aromatic carboxylic acids is 1. The molecule has 0 aromatic heterocycles. The number of halogens is 1. The van der Waals surface area contributed by atoms with Crippen LogP contribution in [0.5, 0.6) is 11.5 Å².